The molecule has 0 aliphatic carbocycles. The van der Waals surface area contributed by atoms with Crippen LogP contribution in [0, 0.1) is 17.5 Å². The van der Waals surface area contributed by atoms with E-state index in [1.165, 1.54) is 39.2 Å². The van der Waals surface area contributed by atoms with Gasteiger partial charge in [0.05, 0.1) is 22.7 Å². The predicted octanol–water partition coefficient (Wildman–Crippen LogP) is 1.65. The van der Waals surface area contributed by atoms with Gasteiger partial charge in [0.2, 0.25) is 15.9 Å². The summed E-state index contributed by atoms with van der Waals surface area (Å²) < 4.78 is 70.0. The van der Waals surface area contributed by atoms with Gasteiger partial charge in [0.25, 0.3) is 5.91 Å². The van der Waals surface area contributed by atoms with E-state index in [2.05, 4.69) is 5.32 Å². The molecule has 13 heteroatoms. The minimum atomic E-state index is -3.80. The van der Waals surface area contributed by atoms with E-state index in [1.807, 2.05) is 5.32 Å². The molecule has 0 aliphatic rings. The lowest BCUT2D eigenvalue weighted by Crippen LogP contribution is -2.40. The Labute approximate surface area is 187 Å². The van der Waals surface area contributed by atoms with Crippen molar-refractivity contribution in [3.63, 3.8) is 0 Å². The van der Waals surface area contributed by atoms with Gasteiger partial charge in [0.1, 0.15) is 0 Å². The Kier molecular flexibility index (Phi) is 8.17. The average molecular weight is 487 g/mol. The Morgan fingerprint density at radius 3 is 2.36 bits per heavy atom. The van der Waals surface area contributed by atoms with Crippen molar-refractivity contribution in [2.45, 2.75) is 17.9 Å². The highest BCUT2D eigenvalue weighted by atomic mass is 32.2. The van der Waals surface area contributed by atoms with Crippen molar-refractivity contribution < 1.29 is 40.7 Å². The molecule has 0 spiro atoms. The van der Waals surface area contributed by atoms with Crippen molar-refractivity contribution in [3.8, 4) is 0 Å². The van der Waals surface area contributed by atoms with E-state index < -0.39 is 63.6 Å². The normalized spacial score (nSPS) is 12.2. The number of sulfonamides is 1. The SMILES string of the molecule is C[C@H](OC(=O)c1cccc(S(=O)(=O)N(C)C)c1)C(=O)NCC(=O)Nc1ccc(F)c(F)c1F. The molecule has 0 heterocycles. The molecule has 1 atom stereocenters. The first-order valence-corrected chi connectivity index (χ1v) is 10.7. The minimum Gasteiger partial charge on any atom is -0.449 e. The second-order valence-corrected chi connectivity index (χ2v) is 9.00. The molecule has 178 valence electrons. The Balaban J connectivity index is 1.95. The number of halogens is 3. The molecule has 9 nitrogen and oxygen atoms in total. The van der Waals surface area contributed by atoms with Gasteiger partial charge in [-0.1, -0.05) is 6.07 Å². The topological polar surface area (TPSA) is 122 Å². The zero-order chi connectivity index (χ0) is 24.9. The standard InChI is InChI=1S/C20H20F3N3O6S/c1-11(32-20(29)12-5-4-6-13(9-12)33(30,31)26(2)3)19(28)24-10-16(27)25-15-8-7-14(21)17(22)18(15)23/h4-9,11H,10H2,1-3H3,(H,24,28)(H,25,27)/t11-/m0/s1. The third-order valence-corrected chi connectivity index (χ3v) is 6.04. The number of ether oxygens (including phenoxy) is 1. The molecular formula is C20H20F3N3O6S. The lowest BCUT2D eigenvalue weighted by molar-refractivity contribution is -0.130. The van der Waals surface area contributed by atoms with Crippen LogP contribution in [0.4, 0.5) is 18.9 Å². The molecule has 0 aliphatic heterocycles. The summed E-state index contributed by atoms with van der Waals surface area (Å²) in [5.41, 5.74) is -0.746. The van der Waals surface area contributed by atoms with Crippen molar-refractivity contribution in [2.24, 2.45) is 0 Å². The van der Waals surface area contributed by atoms with Crippen LogP contribution in [0.25, 0.3) is 0 Å². The van der Waals surface area contributed by atoms with E-state index in [0.29, 0.717) is 6.07 Å². The number of rotatable bonds is 8. The fourth-order valence-electron chi connectivity index (χ4n) is 2.40. The van der Waals surface area contributed by atoms with Crippen LogP contribution in [0.3, 0.4) is 0 Å². The third kappa shape index (κ3) is 6.29. The molecule has 2 rings (SSSR count). The smallest absolute Gasteiger partial charge is 0.338 e. The molecule has 0 saturated heterocycles. The van der Waals surface area contributed by atoms with Crippen LogP contribution in [-0.2, 0) is 24.3 Å². The first-order chi connectivity index (χ1) is 15.3. The maximum Gasteiger partial charge on any atom is 0.338 e. The summed E-state index contributed by atoms with van der Waals surface area (Å²) in [7, 11) is -1.15. The molecular weight excluding hydrogens is 467 g/mol. The van der Waals surface area contributed by atoms with E-state index in [9.17, 15) is 36.0 Å². The zero-order valence-electron chi connectivity index (χ0n) is 17.7. The van der Waals surface area contributed by atoms with E-state index >= 15 is 0 Å². The van der Waals surface area contributed by atoms with E-state index in [1.54, 1.807) is 0 Å². The number of anilines is 1. The fraction of sp³-hybridized carbons (Fsp3) is 0.250. The number of hydrogen-bond acceptors (Lipinski definition) is 6. The summed E-state index contributed by atoms with van der Waals surface area (Å²) in [5, 5.41) is 4.10. The quantitative estimate of drug-likeness (QED) is 0.432. The van der Waals surface area contributed by atoms with Crippen molar-refractivity contribution in [2.75, 3.05) is 26.0 Å². The van der Waals surface area contributed by atoms with Crippen LogP contribution >= 0.6 is 0 Å². The maximum atomic E-state index is 13.6. The summed E-state index contributed by atoms with van der Waals surface area (Å²) in [5.74, 6) is -7.62. The van der Waals surface area contributed by atoms with Gasteiger partial charge in [-0.25, -0.2) is 30.7 Å². The Morgan fingerprint density at radius 1 is 1.06 bits per heavy atom. The van der Waals surface area contributed by atoms with Gasteiger partial charge in [0, 0.05) is 14.1 Å². The number of carbonyl (C=O) groups excluding carboxylic acids is 3. The fourth-order valence-corrected chi connectivity index (χ4v) is 3.35. The zero-order valence-corrected chi connectivity index (χ0v) is 18.5. The second kappa shape index (κ2) is 10.4. The first-order valence-electron chi connectivity index (χ1n) is 9.29. The molecule has 0 saturated carbocycles. The Hall–Kier alpha value is -3.45. The van der Waals surface area contributed by atoms with E-state index in [-0.39, 0.29) is 10.5 Å². The largest absolute Gasteiger partial charge is 0.449 e. The highest BCUT2D eigenvalue weighted by molar-refractivity contribution is 7.89. The van der Waals surface area contributed by atoms with Gasteiger partial charge in [-0.3, -0.25) is 9.59 Å². The van der Waals surface area contributed by atoms with Crippen LogP contribution in [0.15, 0.2) is 41.3 Å². The summed E-state index contributed by atoms with van der Waals surface area (Å²) in [6.45, 7) is 0.524. The molecule has 2 amide bonds. The highest BCUT2D eigenvalue weighted by Crippen LogP contribution is 2.19. The number of esters is 1. The summed E-state index contributed by atoms with van der Waals surface area (Å²) in [6.07, 6.45) is -1.38. The molecule has 0 unspecified atom stereocenters. The Morgan fingerprint density at radius 2 is 1.73 bits per heavy atom. The van der Waals surface area contributed by atoms with Crippen molar-refractivity contribution in [3.05, 3.63) is 59.4 Å². The number of benzene rings is 2. The molecule has 0 radical (unpaired) electrons. The summed E-state index contributed by atoms with van der Waals surface area (Å²) in [6, 6.07) is 6.43. The monoisotopic (exact) mass is 487 g/mol. The molecule has 0 aromatic heterocycles. The number of hydrogen-bond donors (Lipinski definition) is 2. The van der Waals surface area contributed by atoms with Gasteiger partial charge < -0.3 is 15.4 Å². The van der Waals surface area contributed by atoms with Gasteiger partial charge in [-0.05, 0) is 37.3 Å². The van der Waals surface area contributed by atoms with Gasteiger partial charge in [-0.2, -0.15) is 0 Å². The third-order valence-electron chi connectivity index (χ3n) is 4.23. The van der Waals surface area contributed by atoms with Crippen LogP contribution in [0.5, 0.6) is 0 Å². The molecule has 2 aromatic rings. The maximum absolute atomic E-state index is 13.6. The van der Waals surface area contributed by atoms with Gasteiger partial charge in [0.15, 0.2) is 23.6 Å². The molecule has 2 aromatic carbocycles. The first kappa shape index (κ1) is 25.8. The van der Waals surface area contributed by atoms with Crippen molar-refractivity contribution in [1.82, 2.24) is 9.62 Å². The molecule has 0 fully saturated rings. The lowest BCUT2D eigenvalue weighted by Gasteiger charge is -2.15. The lowest BCUT2D eigenvalue weighted by atomic mass is 10.2. The van der Waals surface area contributed by atoms with E-state index in [4.69, 9.17) is 4.74 Å². The molecule has 2 N–H and O–H groups in total. The minimum absolute atomic E-state index is 0.121. The van der Waals surface area contributed by atoms with Gasteiger partial charge in [-0.15, -0.1) is 0 Å². The van der Waals surface area contributed by atoms with Crippen LogP contribution in [-0.4, -0.2) is 57.3 Å². The highest BCUT2D eigenvalue weighted by Gasteiger charge is 2.23. The van der Waals surface area contributed by atoms with Crippen molar-refractivity contribution >= 4 is 33.5 Å². The number of amides is 2. The van der Waals surface area contributed by atoms with Crippen LogP contribution in [0.2, 0.25) is 0 Å². The number of carbonyl (C=O) groups is 3. The van der Waals surface area contributed by atoms with Crippen LogP contribution < -0.4 is 10.6 Å². The average Bonchev–Trinajstić information content (AvgIpc) is 2.77. The number of nitrogens with one attached hydrogen (secondary N) is 2. The van der Waals surface area contributed by atoms with E-state index in [0.717, 1.165) is 16.4 Å². The summed E-state index contributed by atoms with van der Waals surface area (Å²) in [4.78, 5) is 36.1. The predicted molar refractivity (Wildman–Crippen MR) is 110 cm³/mol. The molecule has 33 heavy (non-hydrogen) atoms. The second-order valence-electron chi connectivity index (χ2n) is 6.85. The number of nitrogens with zero attached hydrogens (tertiary/aromatic N) is 1. The van der Waals surface area contributed by atoms with Gasteiger partial charge >= 0.3 is 5.97 Å². The summed E-state index contributed by atoms with van der Waals surface area (Å²) >= 11 is 0. The molecule has 0 bridgehead atoms. The van der Waals surface area contributed by atoms with Crippen molar-refractivity contribution in [1.29, 1.82) is 0 Å². The van der Waals surface area contributed by atoms with Crippen LogP contribution in [0.1, 0.15) is 17.3 Å². The Bertz CT molecular complexity index is 1190.